The molecule has 0 aromatic carbocycles. The molecule has 0 saturated carbocycles. The van der Waals surface area contributed by atoms with E-state index in [1.807, 2.05) is 7.05 Å². The molecule has 0 saturated heterocycles. The van der Waals surface area contributed by atoms with Crippen LogP contribution in [0, 0.1) is 12.3 Å². The molecular formula is C12H22N2O4. The van der Waals surface area contributed by atoms with Crippen molar-refractivity contribution in [2.24, 2.45) is 0 Å². The molecule has 0 unspecified atom stereocenters. The smallest absolute Gasteiger partial charge is 0.246 e. The second-order valence-corrected chi connectivity index (χ2v) is 3.38. The number of rotatable bonds is 12. The fourth-order valence-electron chi connectivity index (χ4n) is 1.01. The number of nitrogens with one attached hydrogen (secondary N) is 2. The summed E-state index contributed by atoms with van der Waals surface area (Å²) in [6.45, 7) is 3.45. The number of hydrogen-bond donors (Lipinski definition) is 2. The Morgan fingerprint density at radius 1 is 1.11 bits per heavy atom. The highest BCUT2D eigenvalue weighted by molar-refractivity contribution is 5.77. The first-order valence-electron chi connectivity index (χ1n) is 5.89. The van der Waals surface area contributed by atoms with Gasteiger partial charge in [0.2, 0.25) is 5.91 Å². The zero-order valence-corrected chi connectivity index (χ0v) is 10.9. The van der Waals surface area contributed by atoms with Crippen LogP contribution >= 0.6 is 0 Å². The Hall–Kier alpha value is -1.13. The quantitative estimate of drug-likeness (QED) is 0.347. The van der Waals surface area contributed by atoms with Crippen molar-refractivity contribution < 1.29 is 19.0 Å². The van der Waals surface area contributed by atoms with Gasteiger partial charge in [0.25, 0.3) is 0 Å². The Labute approximate surface area is 108 Å². The third-order valence-electron chi connectivity index (χ3n) is 1.86. The van der Waals surface area contributed by atoms with Crippen LogP contribution in [0.15, 0.2) is 0 Å². The summed E-state index contributed by atoms with van der Waals surface area (Å²) in [7, 11) is 1.83. The van der Waals surface area contributed by atoms with Crippen LogP contribution in [0.5, 0.6) is 0 Å². The highest BCUT2D eigenvalue weighted by Gasteiger charge is 1.99. The van der Waals surface area contributed by atoms with Crippen molar-refractivity contribution >= 4 is 5.91 Å². The van der Waals surface area contributed by atoms with Crippen LogP contribution in [-0.4, -0.2) is 65.7 Å². The minimum Gasteiger partial charge on any atom is -0.377 e. The normalized spacial score (nSPS) is 10.0. The average molecular weight is 258 g/mol. The van der Waals surface area contributed by atoms with Crippen molar-refractivity contribution in [3.8, 4) is 12.3 Å². The lowest BCUT2D eigenvalue weighted by Gasteiger charge is -2.06. The van der Waals surface area contributed by atoms with Gasteiger partial charge in [-0.1, -0.05) is 5.92 Å². The Balaban J connectivity index is 3.10. The number of carbonyl (C=O) groups excluding carboxylic acids is 1. The first-order valence-corrected chi connectivity index (χ1v) is 5.89. The van der Waals surface area contributed by atoms with Crippen LogP contribution in [0.1, 0.15) is 0 Å². The molecule has 2 N–H and O–H groups in total. The lowest BCUT2D eigenvalue weighted by atomic mass is 10.5. The second kappa shape index (κ2) is 13.9. The molecule has 0 radical (unpaired) electrons. The summed E-state index contributed by atoms with van der Waals surface area (Å²) in [4.78, 5) is 11.2. The predicted molar refractivity (Wildman–Crippen MR) is 68.2 cm³/mol. The minimum atomic E-state index is -0.123. The number of carbonyl (C=O) groups is 1. The van der Waals surface area contributed by atoms with Crippen LogP contribution in [0.4, 0.5) is 0 Å². The van der Waals surface area contributed by atoms with E-state index in [1.165, 1.54) is 0 Å². The number of hydrogen-bond acceptors (Lipinski definition) is 5. The van der Waals surface area contributed by atoms with Crippen LogP contribution in [-0.2, 0) is 19.0 Å². The van der Waals surface area contributed by atoms with Gasteiger partial charge in [0.1, 0.15) is 13.2 Å². The van der Waals surface area contributed by atoms with E-state index in [0.29, 0.717) is 39.6 Å². The molecule has 6 nitrogen and oxygen atoms in total. The Kier molecular flexibility index (Phi) is 13.1. The van der Waals surface area contributed by atoms with Crippen LogP contribution in [0.3, 0.4) is 0 Å². The second-order valence-electron chi connectivity index (χ2n) is 3.38. The molecule has 0 aliphatic rings. The molecular weight excluding hydrogens is 236 g/mol. The van der Waals surface area contributed by atoms with Gasteiger partial charge in [-0.2, -0.15) is 0 Å². The van der Waals surface area contributed by atoms with Crippen LogP contribution < -0.4 is 10.6 Å². The van der Waals surface area contributed by atoms with Gasteiger partial charge < -0.3 is 24.8 Å². The number of ether oxygens (including phenoxy) is 3. The van der Waals surface area contributed by atoms with Crippen molar-refractivity contribution in [3.63, 3.8) is 0 Å². The average Bonchev–Trinajstić information content (AvgIpc) is 2.37. The van der Waals surface area contributed by atoms with Crippen molar-refractivity contribution in [2.45, 2.75) is 0 Å². The first kappa shape index (κ1) is 16.9. The van der Waals surface area contributed by atoms with E-state index in [4.69, 9.17) is 20.6 Å². The Morgan fingerprint density at radius 3 is 2.44 bits per heavy atom. The largest absolute Gasteiger partial charge is 0.377 e. The molecule has 0 bridgehead atoms. The Bertz CT molecular complexity index is 241. The molecule has 0 atom stereocenters. The molecule has 1 amide bonds. The van der Waals surface area contributed by atoms with E-state index < -0.39 is 0 Å². The monoisotopic (exact) mass is 258 g/mol. The van der Waals surface area contributed by atoms with Gasteiger partial charge >= 0.3 is 0 Å². The van der Waals surface area contributed by atoms with Crippen LogP contribution in [0.2, 0.25) is 0 Å². The summed E-state index contributed by atoms with van der Waals surface area (Å²) in [5.74, 6) is 2.24. The summed E-state index contributed by atoms with van der Waals surface area (Å²) in [6.07, 6.45) is 5.00. The summed E-state index contributed by atoms with van der Waals surface area (Å²) in [6, 6.07) is 0. The molecule has 0 aromatic heterocycles. The van der Waals surface area contributed by atoms with E-state index in [1.54, 1.807) is 0 Å². The van der Waals surface area contributed by atoms with E-state index in [9.17, 15) is 4.79 Å². The van der Waals surface area contributed by atoms with Gasteiger partial charge in [0.15, 0.2) is 0 Å². The maximum atomic E-state index is 11.2. The van der Waals surface area contributed by atoms with Gasteiger partial charge in [-0.3, -0.25) is 4.79 Å². The predicted octanol–water partition coefficient (Wildman–Crippen LogP) is -0.995. The maximum Gasteiger partial charge on any atom is 0.246 e. The van der Waals surface area contributed by atoms with Crippen molar-refractivity contribution in [2.75, 3.05) is 59.8 Å². The van der Waals surface area contributed by atoms with E-state index >= 15 is 0 Å². The van der Waals surface area contributed by atoms with Crippen molar-refractivity contribution in [1.82, 2.24) is 10.6 Å². The van der Waals surface area contributed by atoms with Gasteiger partial charge in [0.05, 0.1) is 26.4 Å². The van der Waals surface area contributed by atoms with Gasteiger partial charge in [-0.05, 0) is 7.05 Å². The number of likely N-dealkylation sites (N-methyl/N-ethyl adjacent to an activating group) is 1. The van der Waals surface area contributed by atoms with Gasteiger partial charge in [0, 0.05) is 13.1 Å². The summed E-state index contributed by atoms with van der Waals surface area (Å²) in [5, 5.41) is 5.63. The number of terminal acetylenes is 1. The van der Waals surface area contributed by atoms with Crippen molar-refractivity contribution in [3.05, 3.63) is 0 Å². The van der Waals surface area contributed by atoms with Crippen LogP contribution in [0.25, 0.3) is 0 Å². The fraction of sp³-hybridized carbons (Fsp3) is 0.750. The molecule has 6 heteroatoms. The summed E-state index contributed by atoms with van der Waals surface area (Å²) in [5.41, 5.74) is 0. The Morgan fingerprint density at radius 2 is 1.78 bits per heavy atom. The SMILES string of the molecule is C#CCOCCOCCOCC(=O)NCCNC. The third kappa shape index (κ3) is 12.9. The summed E-state index contributed by atoms with van der Waals surface area (Å²) < 4.78 is 15.3. The molecule has 0 aliphatic carbocycles. The van der Waals surface area contributed by atoms with E-state index in [0.717, 1.165) is 6.54 Å². The highest BCUT2D eigenvalue weighted by Crippen LogP contribution is 1.81. The molecule has 0 rings (SSSR count). The molecule has 104 valence electrons. The van der Waals surface area contributed by atoms with Crippen molar-refractivity contribution in [1.29, 1.82) is 0 Å². The zero-order valence-electron chi connectivity index (χ0n) is 10.9. The van der Waals surface area contributed by atoms with E-state index in [2.05, 4.69) is 16.6 Å². The summed E-state index contributed by atoms with van der Waals surface area (Å²) >= 11 is 0. The topological polar surface area (TPSA) is 68.8 Å². The standard InChI is InChI=1S/C12H22N2O4/c1-3-6-16-7-8-17-9-10-18-11-12(15)14-5-4-13-2/h1,13H,4-11H2,2H3,(H,14,15). The first-order chi connectivity index (χ1) is 8.81. The minimum absolute atomic E-state index is 0.0562. The molecule has 0 heterocycles. The zero-order chi connectivity index (χ0) is 13.5. The molecule has 0 fully saturated rings. The fourth-order valence-corrected chi connectivity index (χ4v) is 1.01. The maximum absolute atomic E-state index is 11.2. The molecule has 0 aromatic rings. The highest BCUT2D eigenvalue weighted by atomic mass is 16.5. The lowest BCUT2D eigenvalue weighted by molar-refractivity contribution is -0.126. The van der Waals surface area contributed by atoms with E-state index in [-0.39, 0.29) is 12.5 Å². The number of amides is 1. The molecule has 0 spiro atoms. The van der Waals surface area contributed by atoms with Gasteiger partial charge in [-0.15, -0.1) is 6.42 Å². The lowest BCUT2D eigenvalue weighted by Crippen LogP contribution is -2.33. The molecule has 0 aliphatic heterocycles. The third-order valence-corrected chi connectivity index (χ3v) is 1.86. The molecule has 18 heavy (non-hydrogen) atoms. The van der Waals surface area contributed by atoms with Gasteiger partial charge in [-0.25, -0.2) is 0 Å².